The number of hydrogen-bond acceptors (Lipinski definition) is 4. The van der Waals surface area contributed by atoms with E-state index in [1.54, 1.807) is 0 Å². The van der Waals surface area contributed by atoms with E-state index < -0.39 is 0 Å². The lowest BCUT2D eigenvalue weighted by atomic mass is 10.1. The maximum absolute atomic E-state index is 4.25. The molecule has 82 valence electrons. The van der Waals surface area contributed by atoms with Gasteiger partial charge in [-0.3, -0.25) is 0 Å². The predicted molar refractivity (Wildman–Crippen MR) is 60.8 cm³/mol. The minimum atomic E-state index is 0.0328. The second-order valence-electron chi connectivity index (χ2n) is 5.00. The van der Waals surface area contributed by atoms with Gasteiger partial charge in [0, 0.05) is 25.0 Å². The van der Waals surface area contributed by atoms with Crippen LogP contribution in [0.15, 0.2) is 6.07 Å². The molecule has 0 spiro atoms. The zero-order valence-electron chi connectivity index (χ0n) is 9.59. The Labute approximate surface area is 90.5 Å². The van der Waals surface area contributed by atoms with Gasteiger partial charge in [-0.1, -0.05) is 0 Å². The van der Waals surface area contributed by atoms with Crippen molar-refractivity contribution in [1.29, 1.82) is 0 Å². The Bertz CT molecular complexity index is 354. The lowest BCUT2D eigenvalue weighted by Gasteiger charge is -2.22. The molecule has 15 heavy (non-hydrogen) atoms. The average molecular weight is 206 g/mol. The number of rotatable bonds is 1. The van der Waals surface area contributed by atoms with Gasteiger partial charge in [0.25, 0.3) is 0 Å². The average Bonchev–Trinajstić information content (AvgIpc) is 2.15. The molecule has 4 heteroatoms. The molecule has 4 nitrogen and oxygen atoms in total. The Morgan fingerprint density at radius 3 is 2.87 bits per heavy atom. The van der Waals surface area contributed by atoms with Crippen molar-refractivity contribution in [3.8, 4) is 0 Å². The van der Waals surface area contributed by atoms with Gasteiger partial charge in [-0.05, 0) is 32.4 Å². The van der Waals surface area contributed by atoms with E-state index in [-0.39, 0.29) is 5.54 Å². The molecule has 0 unspecified atom stereocenters. The minimum Gasteiger partial charge on any atom is -0.364 e. The van der Waals surface area contributed by atoms with Gasteiger partial charge in [-0.25, -0.2) is 0 Å². The van der Waals surface area contributed by atoms with E-state index >= 15 is 0 Å². The molecule has 0 aromatic carbocycles. The zero-order valence-corrected chi connectivity index (χ0v) is 9.59. The third-order valence-electron chi connectivity index (χ3n) is 2.32. The summed E-state index contributed by atoms with van der Waals surface area (Å²) >= 11 is 0. The fraction of sp³-hybridized carbons (Fsp3) is 0.636. The standard InChI is InChI=1S/C11H18N4/c1-11(2,3)13-10-6-8-7-12-5-4-9(8)14-15-10/h6,12H,4-5,7H2,1-3H3,(H,13,15). The molecular weight excluding hydrogens is 188 g/mol. The fourth-order valence-electron chi connectivity index (χ4n) is 1.69. The van der Waals surface area contributed by atoms with Crippen LogP contribution in [0.5, 0.6) is 0 Å². The van der Waals surface area contributed by atoms with Crippen molar-refractivity contribution < 1.29 is 0 Å². The zero-order chi connectivity index (χ0) is 10.9. The molecule has 2 rings (SSSR count). The van der Waals surface area contributed by atoms with Gasteiger partial charge < -0.3 is 10.6 Å². The summed E-state index contributed by atoms with van der Waals surface area (Å²) in [5.74, 6) is 0.866. The van der Waals surface area contributed by atoms with Crippen LogP contribution in [0.3, 0.4) is 0 Å². The first-order chi connectivity index (χ1) is 7.04. The number of hydrogen-bond donors (Lipinski definition) is 2. The molecule has 0 bridgehead atoms. The summed E-state index contributed by atoms with van der Waals surface area (Å²) in [5.41, 5.74) is 2.43. The Hall–Kier alpha value is -1.16. The summed E-state index contributed by atoms with van der Waals surface area (Å²) in [7, 11) is 0. The maximum Gasteiger partial charge on any atom is 0.149 e. The Morgan fingerprint density at radius 1 is 1.33 bits per heavy atom. The predicted octanol–water partition coefficient (Wildman–Crippen LogP) is 1.33. The van der Waals surface area contributed by atoms with E-state index in [1.165, 1.54) is 5.56 Å². The molecule has 0 aliphatic carbocycles. The highest BCUT2D eigenvalue weighted by molar-refractivity contribution is 5.40. The van der Waals surface area contributed by atoms with Crippen LogP contribution >= 0.6 is 0 Å². The molecule has 2 N–H and O–H groups in total. The van der Waals surface area contributed by atoms with Crippen molar-refractivity contribution in [2.45, 2.75) is 39.3 Å². The van der Waals surface area contributed by atoms with Crippen LogP contribution in [-0.4, -0.2) is 22.3 Å². The molecule has 1 aliphatic rings. The van der Waals surface area contributed by atoms with E-state index in [1.807, 2.05) is 0 Å². The quantitative estimate of drug-likeness (QED) is 0.728. The van der Waals surface area contributed by atoms with E-state index in [9.17, 15) is 0 Å². The summed E-state index contributed by atoms with van der Waals surface area (Å²) in [6.45, 7) is 8.27. The summed E-state index contributed by atoms with van der Waals surface area (Å²) in [5, 5.41) is 15.1. The van der Waals surface area contributed by atoms with Crippen molar-refractivity contribution >= 4 is 5.82 Å². The molecule has 1 aliphatic heterocycles. The van der Waals surface area contributed by atoms with Gasteiger partial charge in [-0.15, -0.1) is 5.10 Å². The van der Waals surface area contributed by atoms with Gasteiger partial charge in [0.1, 0.15) is 5.82 Å². The van der Waals surface area contributed by atoms with Gasteiger partial charge in [0.05, 0.1) is 5.69 Å². The van der Waals surface area contributed by atoms with Crippen LogP contribution < -0.4 is 10.6 Å². The topological polar surface area (TPSA) is 49.8 Å². The lowest BCUT2D eigenvalue weighted by molar-refractivity contribution is 0.608. The number of nitrogens with zero attached hydrogens (tertiary/aromatic N) is 2. The van der Waals surface area contributed by atoms with E-state index in [0.29, 0.717) is 0 Å². The normalized spacial score (nSPS) is 15.9. The van der Waals surface area contributed by atoms with Crippen LogP contribution in [0.4, 0.5) is 5.82 Å². The molecule has 0 fully saturated rings. The Morgan fingerprint density at radius 2 is 2.13 bits per heavy atom. The van der Waals surface area contributed by atoms with Gasteiger partial charge in [0.2, 0.25) is 0 Å². The molecule has 0 atom stereocenters. The molecule has 0 amide bonds. The van der Waals surface area contributed by atoms with E-state index in [4.69, 9.17) is 0 Å². The Balaban J connectivity index is 2.21. The third-order valence-corrected chi connectivity index (χ3v) is 2.32. The lowest BCUT2D eigenvalue weighted by Crippen LogP contribution is -2.29. The van der Waals surface area contributed by atoms with Crippen LogP contribution in [-0.2, 0) is 13.0 Å². The van der Waals surface area contributed by atoms with Crippen molar-refractivity contribution in [3.63, 3.8) is 0 Å². The van der Waals surface area contributed by atoms with Crippen molar-refractivity contribution in [1.82, 2.24) is 15.5 Å². The summed E-state index contributed by atoms with van der Waals surface area (Å²) in [6, 6.07) is 2.10. The van der Waals surface area contributed by atoms with Gasteiger partial charge >= 0.3 is 0 Å². The highest BCUT2D eigenvalue weighted by Gasteiger charge is 2.14. The Kier molecular flexibility index (Phi) is 2.61. The summed E-state index contributed by atoms with van der Waals surface area (Å²) < 4.78 is 0. The van der Waals surface area contributed by atoms with Crippen LogP contribution in [0.2, 0.25) is 0 Å². The molecular formula is C11H18N4. The number of aromatic nitrogens is 2. The monoisotopic (exact) mass is 206 g/mol. The largest absolute Gasteiger partial charge is 0.364 e. The highest BCUT2D eigenvalue weighted by Crippen LogP contribution is 2.16. The maximum atomic E-state index is 4.25. The van der Waals surface area contributed by atoms with Crippen molar-refractivity contribution in [2.75, 3.05) is 11.9 Å². The highest BCUT2D eigenvalue weighted by atomic mass is 15.2. The first-order valence-electron chi connectivity index (χ1n) is 5.39. The number of nitrogens with one attached hydrogen (secondary N) is 2. The fourth-order valence-corrected chi connectivity index (χ4v) is 1.69. The minimum absolute atomic E-state index is 0.0328. The van der Waals surface area contributed by atoms with Gasteiger partial charge in [0.15, 0.2) is 0 Å². The summed E-state index contributed by atoms with van der Waals surface area (Å²) in [4.78, 5) is 0. The second-order valence-corrected chi connectivity index (χ2v) is 5.00. The second kappa shape index (κ2) is 3.77. The van der Waals surface area contributed by atoms with Crippen molar-refractivity contribution in [2.24, 2.45) is 0 Å². The van der Waals surface area contributed by atoms with Crippen LogP contribution in [0, 0.1) is 0 Å². The number of anilines is 1. The molecule has 0 radical (unpaired) electrons. The third kappa shape index (κ3) is 2.65. The number of fused-ring (bicyclic) bond motifs is 1. The van der Waals surface area contributed by atoms with Crippen molar-refractivity contribution in [3.05, 3.63) is 17.3 Å². The molecule has 2 heterocycles. The smallest absolute Gasteiger partial charge is 0.149 e. The first kappa shape index (κ1) is 10.4. The van der Waals surface area contributed by atoms with Gasteiger partial charge in [-0.2, -0.15) is 5.10 Å². The summed E-state index contributed by atoms with van der Waals surface area (Å²) in [6.07, 6.45) is 0.984. The first-order valence-corrected chi connectivity index (χ1v) is 5.39. The SMILES string of the molecule is CC(C)(C)Nc1cc2c(nn1)CCNC2. The van der Waals surface area contributed by atoms with Crippen LogP contribution in [0.25, 0.3) is 0 Å². The molecule has 0 saturated heterocycles. The molecule has 0 saturated carbocycles. The molecule has 1 aromatic heterocycles. The van der Waals surface area contributed by atoms with E-state index in [2.05, 4.69) is 47.7 Å². The van der Waals surface area contributed by atoms with E-state index in [0.717, 1.165) is 31.0 Å². The molecule has 1 aromatic rings. The van der Waals surface area contributed by atoms with Crippen LogP contribution in [0.1, 0.15) is 32.0 Å².